The average Bonchev–Trinajstić information content (AvgIpc) is 3.08. The van der Waals surface area contributed by atoms with Gasteiger partial charge in [0.05, 0.1) is 0 Å². The molecule has 1 amide bonds. The summed E-state index contributed by atoms with van der Waals surface area (Å²) in [5, 5.41) is 14.7. The molecule has 1 aromatic rings. The zero-order valence-electron chi connectivity index (χ0n) is 18.6. The first kappa shape index (κ1) is 23.9. The van der Waals surface area contributed by atoms with Crippen molar-refractivity contribution in [2.45, 2.75) is 59.7 Å². The SMILES string of the molecule is CCc1nncn1CCNC(=NCC(=O)N(C)C)NCCN(C(C)C)C(C)C. The second-order valence-corrected chi connectivity index (χ2v) is 7.53. The van der Waals surface area contributed by atoms with Crippen LogP contribution in [0.2, 0.25) is 0 Å². The summed E-state index contributed by atoms with van der Waals surface area (Å²) >= 11 is 0. The van der Waals surface area contributed by atoms with Crippen LogP contribution < -0.4 is 10.6 Å². The number of aryl methyl sites for hydroxylation is 1. The number of likely N-dealkylation sites (N-methyl/N-ethyl adjacent to an activating group) is 1. The van der Waals surface area contributed by atoms with Gasteiger partial charge in [0.15, 0.2) is 5.96 Å². The van der Waals surface area contributed by atoms with Crippen LogP contribution in [0.15, 0.2) is 11.3 Å². The smallest absolute Gasteiger partial charge is 0.243 e. The van der Waals surface area contributed by atoms with E-state index in [-0.39, 0.29) is 12.5 Å². The molecule has 0 aliphatic rings. The zero-order chi connectivity index (χ0) is 21.1. The van der Waals surface area contributed by atoms with Gasteiger partial charge >= 0.3 is 0 Å². The second kappa shape index (κ2) is 12.3. The van der Waals surface area contributed by atoms with Crippen LogP contribution >= 0.6 is 0 Å². The molecule has 0 spiro atoms. The molecule has 0 fully saturated rings. The molecule has 9 heteroatoms. The second-order valence-electron chi connectivity index (χ2n) is 7.53. The van der Waals surface area contributed by atoms with E-state index in [1.165, 1.54) is 0 Å². The summed E-state index contributed by atoms with van der Waals surface area (Å²) in [7, 11) is 3.47. The van der Waals surface area contributed by atoms with Crippen LogP contribution in [0.4, 0.5) is 0 Å². The van der Waals surface area contributed by atoms with Gasteiger partial charge in [-0.3, -0.25) is 9.69 Å². The van der Waals surface area contributed by atoms with Gasteiger partial charge in [0.25, 0.3) is 0 Å². The number of rotatable bonds is 11. The van der Waals surface area contributed by atoms with Gasteiger partial charge in [-0.1, -0.05) is 6.92 Å². The summed E-state index contributed by atoms with van der Waals surface area (Å²) in [4.78, 5) is 20.3. The lowest BCUT2D eigenvalue weighted by Gasteiger charge is -2.30. The molecule has 0 bridgehead atoms. The molecular weight excluding hydrogens is 356 g/mol. The Labute approximate surface area is 169 Å². The van der Waals surface area contributed by atoms with Crippen molar-refractivity contribution < 1.29 is 4.79 Å². The first-order chi connectivity index (χ1) is 13.3. The van der Waals surface area contributed by atoms with E-state index in [0.717, 1.165) is 31.9 Å². The lowest BCUT2D eigenvalue weighted by atomic mass is 10.2. The first-order valence-corrected chi connectivity index (χ1v) is 10.1. The third-order valence-corrected chi connectivity index (χ3v) is 4.52. The number of guanidine groups is 1. The van der Waals surface area contributed by atoms with Crippen molar-refractivity contribution in [3.63, 3.8) is 0 Å². The van der Waals surface area contributed by atoms with E-state index in [0.29, 0.717) is 24.6 Å². The molecule has 160 valence electrons. The quantitative estimate of drug-likeness (QED) is 0.422. The highest BCUT2D eigenvalue weighted by molar-refractivity contribution is 5.84. The Morgan fingerprint density at radius 3 is 2.39 bits per heavy atom. The Bertz CT molecular complexity index is 601. The predicted octanol–water partition coefficient (Wildman–Crippen LogP) is 0.583. The van der Waals surface area contributed by atoms with E-state index in [1.54, 1.807) is 25.3 Å². The normalized spacial score (nSPS) is 12.1. The van der Waals surface area contributed by atoms with Crippen LogP contribution in [0.1, 0.15) is 40.4 Å². The molecule has 0 saturated heterocycles. The minimum atomic E-state index is -0.0285. The van der Waals surface area contributed by atoms with Crippen LogP contribution in [-0.2, 0) is 17.8 Å². The average molecular weight is 395 g/mol. The Morgan fingerprint density at radius 1 is 1.18 bits per heavy atom. The van der Waals surface area contributed by atoms with Crippen LogP contribution in [0, 0.1) is 0 Å². The third-order valence-electron chi connectivity index (χ3n) is 4.52. The summed E-state index contributed by atoms with van der Waals surface area (Å²) in [6.07, 6.45) is 2.58. The van der Waals surface area contributed by atoms with Gasteiger partial charge in [0.2, 0.25) is 5.91 Å². The summed E-state index contributed by atoms with van der Waals surface area (Å²) in [5.41, 5.74) is 0. The molecule has 1 aromatic heterocycles. The molecule has 0 atom stereocenters. The summed E-state index contributed by atoms with van der Waals surface area (Å²) in [5.74, 6) is 1.58. The summed E-state index contributed by atoms with van der Waals surface area (Å²) in [6.45, 7) is 14.1. The minimum Gasteiger partial charge on any atom is -0.355 e. The number of aromatic nitrogens is 3. The fraction of sp³-hybridized carbons (Fsp3) is 0.789. The fourth-order valence-corrected chi connectivity index (χ4v) is 2.91. The van der Waals surface area contributed by atoms with Gasteiger partial charge < -0.3 is 20.1 Å². The minimum absolute atomic E-state index is 0.0285. The topological polar surface area (TPSA) is 90.7 Å². The van der Waals surface area contributed by atoms with Gasteiger partial charge in [0.1, 0.15) is 18.7 Å². The highest BCUT2D eigenvalue weighted by Crippen LogP contribution is 2.03. The predicted molar refractivity (Wildman–Crippen MR) is 113 cm³/mol. The molecular formula is C19H38N8O. The maximum absolute atomic E-state index is 11.9. The zero-order valence-corrected chi connectivity index (χ0v) is 18.6. The number of amides is 1. The summed E-state index contributed by atoms with van der Waals surface area (Å²) in [6, 6.07) is 0.957. The van der Waals surface area contributed by atoms with Crippen molar-refractivity contribution in [3.8, 4) is 0 Å². The highest BCUT2D eigenvalue weighted by Gasteiger charge is 2.13. The van der Waals surface area contributed by atoms with Crippen LogP contribution in [-0.4, -0.2) is 88.8 Å². The van der Waals surface area contributed by atoms with Crippen molar-refractivity contribution in [2.75, 3.05) is 40.3 Å². The van der Waals surface area contributed by atoms with Crippen molar-refractivity contribution in [3.05, 3.63) is 12.2 Å². The molecule has 0 aromatic carbocycles. The van der Waals surface area contributed by atoms with Crippen LogP contribution in [0.5, 0.6) is 0 Å². The van der Waals surface area contributed by atoms with E-state index >= 15 is 0 Å². The standard InChI is InChI=1S/C19H38N8O/c1-8-17-24-23-14-26(17)11-9-20-19(22-13-18(28)25(6)7)21-10-12-27(15(2)3)16(4)5/h14-16H,8-13H2,1-7H3,(H2,20,21,22). The van der Waals surface area contributed by atoms with Gasteiger partial charge in [-0.15, -0.1) is 10.2 Å². The molecule has 0 saturated carbocycles. The molecule has 1 heterocycles. The lowest BCUT2D eigenvalue weighted by Crippen LogP contribution is -2.46. The Kier molecular flexibility index (Phi) is 10.5. The summed E-state index contributed by atoms with van der Waals surface area (Å²) < 4.78 is 2.02. The number of carbonyl (C=O) groups is 1. The van der Waals surface area contributed by atoms with Gasteiger partial charge in [-0.2, -0.15) is 0 Å². The number of nitrogens with zero attached hydrogens (tertiary/aromatic N) is 6. The number of carbonyl (C=O) groups excluding carboxylic acids is 1. The molecule has 2 N–H and O–H groups in total. The van der Waals surface area contributed by atoms with Crippen molar-refractivity contribution in [1.82, 2.24) is 35.2 Å². The Morgan fingerprint density at radius 2 is 1.82 bits per heavy atom. The number of hydrogen-bond acceptors (Lipinski definition) is 5. The number of aliphatic imine (C=N–C) groups is 1. The third kappa shape index (κ3) is 8.24. The maximum Gasteiger partial charge on any atom is 0.243 e. The van der Waals surface area contributed by atoms with Gasteiger partial charge in [0, 0.05) is 58.8 Å². The van der Waals surface area contributed by atoms with E-state index in [2.05, 4.69) is 65.3 Å². The Balaban J connectivity index is 2.62. The van der Waals surface area contributed by atoms with E-state index in [9.17, 15) is 4.79 Å². The first-order valence-electron chi connectivity index (χ1n) is 10.1. The van der Waals surface area contributed by atoms with Gasteiger partial charge in [-0.05, 0) is 27.7 Å². The number of nitrogens with one attached hydrogen (secondary N) is 2. The van der Waals surface area contributed by atoms with Crippen LogP contribution in [0.25, 0.3) is 0 Å². The lowest BCUT2D eigenvalue weighted by molar-refractivity contribution is -0.127. The van der Waals surface area contributed by atoms with E-state index < -0.39 is 0 Å². The number of hydrogen-bond donors (Lipinski definition) is 2. The molecule has 0 unspecified atom stereocenters. The molecule has 1 rings (SSSR count). The van der Waals surface area contributed by atoms with E-state index in [1.807, 2.05) is 4.57 Å². The van der Waals surface area contributed by atoms with Gasteiger partial charge in [-0.25, -0.2) is 4.99 Å². The van der Waals surface area contributed by atoms with Crippen molar-refractivity contribution in [2.24, 2.45) is 4.99 Å². The van der Waals surface area contributed by atoms with E-state index in [4.69, 9.17) is 0 Å². The molecule has 0 aliphatic heterocycles. The Hall–Kier alpha value is -2.16. The largest absolute Gasteiger partial charge is 0.355 e. The molecule has 28 heavy (non-hydrogen) atoms. The monoisotopic (exact) mass is 394 g/mol. The highest BCUT2D eigenvalue weighted by atomic mass is 16.2. The van der Waals surface area contributed by atoms with Crippen LogP contribution in [0.3, 0.4) is 0 Å². The van der Waals surface area contributed by atoms with Crippen molar-refractivity contribution >= 4 is 11.9 Å². The molecule has 9 nitrogen and oxygen atoms in total. The maximum atomic E-state index is 11.9. The molecule has 0 radical (unpaired) electrons. The van der Waals surface area contributed by atoms with Crippen molar-refractivity contribution in [1.29, 1.82) is 0 Å². The fourth-order valence-electron chi connectivity index (χ4n) is 2.91. The molecule has 0 aliphatic carbocycles.